The van der Waals surface area contributed by atoms with E-state index in [4.69, 9.17) is 16.7 Å². The average molecular weight is 141 g/mol. The molecular formula is C4H7N5O. The van der Waals surface area contributed by atoms with E-state index in [1.165, 1.54) is 6.33 Å². The summed E-state index contributed by atoms with van der Waals surface area (Å²) in [4.78, 5) is 6.27. The molecule has 0 saturated heterocycles. The van der Waals surface area contributed by atoms with Gasteiger partial charge in [-0.05, 0) is 0 Å². The van der Waals surface area contributed by atoms with Gasteiger partial charge >= 0.3 is 0 Å². The van der Waals surface area contributed by atoms with Crippen LogP contribution in [0.4, 0.5) is 5.82 Å². The van der Waals surface area contributed by atoms with Crippen LogP contribution in [0.15, 0.2) is 11.5 Å². The molecule has 1 aromatic rings. The molecule has 6 nitrogen and oxygen atoms in total. The Hall–Kier alpha value is -1.72. The molecule has 0 fully saturated rings. The van der Waals surface area contributed by atoms with Crippen molar-refractivity contribution in [2.24, 2.45) is 10.9 Å². The largest absolute Gasteiger partial charge is 0.409 e. The van der Waals surface area contributed by atoms with Gasteiger partial charge in [0.05, 0.1) is 6.33 Å². The first-order chi connectivity index (χ1) is 4.75. The van der Waals surface area contributed by atoms with Gasteiger partial charge in [-0.2, -0.15) is 0 Å². The number of H-pyrrole nitrogens is 1. The summed E-state index contributed by atoms with van der Waals surface area (Å²) in [6.07, 6.45) is 1.36. The second-order valence-corrected chi connectivity index (χ2v) is 1.65. The molecular weight excluding hydrogens is 134 g/mol. The van der Waals surface area contributed by atoms with Crippen molar-refractivity contribution in [2.45, 2.75) is 0 Å². The summed E-state index contributed by atoms with van der Waals surface area (Å²) in [5, 5.41) is 10.9. The van der Waals surface area contributed by atoms with Crippen LogP contribution in [0.5, 0.6) is 0 Å². The van der Waals surface area contributed by atoms with E-state index in [2.05, 4.69) is 15.1 Å². The van der Waals surface area contributed by atoms with Crippen LogP contribution in [0.3, 0.4) is 0 Å². The van der Waals surface area contributed by atoms with E-state index >= 15 is 0 Å². The van der Waals surface area contributed by atoms with Gasteiger partial charge < -0.3 is 21.7 Å². The third-order valence-corrected chi connectivity index (χ3v) is 1.02. The Morgan fingerprint density at radius 2 is 2.50 bits per heavy atom. The van der Waals surface area contributed by atoms with E-state index in [-0.39, 0.29) is 17.3 Å². The SMILES string of the molecule is NC(=NO)c1nc[nH]c1N. The van der Waals surface area contributed by atoms with Gasteiger partial charge in [0.25, 0.3) is 0 Å². The summed E-state index contributed by atoms with van der Waals surface area (Å²) in [5.41, 5.74) is 10.8. The lowest BCUT2D eigenvalue weighted by atomic mass is 10.4. The molecule has 54 valence electrons. The Morgan fingerprint density at radius 3 is 2.90 bits per heavy atom. The Bertz CT molecular complexity index is 252. The number of hydrogen-bond donors (Lipinski definition) is 4. The predicted molar refractivity (Wildman–Crippen MR) is 35.5 cm³/mol. The van der Waals surface area contributed by atoms with Gasteiger partial charge in [-0.3, -0.25) is 0 Å². The van der Waals surface area contributed by atoms with Crippen molar-refractivity contribution in [3.63, 3.8) is 0 Å². The van der Waals surface area contributed by atoms with Crippen molar-refractivity contribution in [2.75, 3.05) is 5.73 Å². The maximum Gasteiger partial charge on any atom is 0.192 e. The van der Waals surface area contributed by atoms with Crippen molar-refractivity contribution in [3.8, 4) is 0 Å². The summed E-state index contributed by atoms with van der Waals surface area (Å²) in [6, 6.07) is 0. The minimum absolute atomic E-state index is 0.0984. The van der Waals surface area contributed by atoms with Crippen LogP contribution in [-0.2, 0) is 0 Å². The number of anilines is 1. The molecule has 6 N–H and O–H groups in total. The fourth-order valence-corrected chi connectivity index (χ4v) is 0.556. The molecule has 0 spiro atoms. The Kier molecular flexibility index (Phi) is 1.44. The lowest BCUT2D eigenvalue weighted by Gasteiger charge is -1.91. The van der Waals surface area contributed by atoms with Crippen LogP contribution >= 0.6 is 0 Å². The van der Waals surface area contributed by atoms with Crippen LogP contribution in [-0.4, -0.2) is 21.0 Å². The maximum absolute atomic E-state index is 8.18. The molecule has 0 aromatic carbocycles. The van der Waals surface area contributed by atoms with Crippen molar-refractivity contribution in [1.29, 1.82) is 0 Å². The Balaban J connectivity index is 3.05. The lowest BCUT2D eigenvalue weighted by molar-refractivity contribution is 0.318. The molecule has 0 amide bonds. The zero-order valence-electron chi connectivity index (χ0n) is 5.07. The number of amidine groups is 1. The number of nitrogen functional groups attached to an aromatic ring is 1. The molecule has 0 unspecified atom stereocenters. The molecule has 0 aliphatic rings. The van der Waals surface area contributed by atoms with E-state index in [0.29, 0.717) is 0 Å². The van der Waals surface area contributed by atoms with Crippen LogP contribution in [0, 0.1) is 0 Å². The lowest BCUT2D eigenvalue weighted by Crippen LogP contribution is -2.15. The van der Waals surface area contributed by atoms with Gasteiger partial charge in [0, 0.05) is 0 Å². The molecule has 0 saturated carbocycles. The minimum Gasteiger partial charge on any atom is -0.409 e. The number of oxime groups is 1. The third-order valence-electron chi connectivity index (χ3n) is 1.02. The highest BCUT2D eigenvalue weighted by Crippen LogP contribution is 2.01. The molecule has 1 rings (SSSR count). The van der Waals surface area contributed by atoms with Gasteiger partial charge in [0.2, 0.25) is 0 Å². The standard InChI is InChI=1S/C4H7N5O/c5-3-2(4(6)9-10)7-1-8-3/h1,10H,5H2,(H2,6,9)(H,7,8). The number of aromatic amines is 1. The molecule has 0 bridgehead atoms. The zero-order valence-corrected chi connectivity index (χ0v) is 5.07. The van der Waals surface area contributed by atoms with E-state index in [0.717, 1.165) is 0 Å². The summed E-state index contributed by atoms with van der Waals surface area (Å²) in [6.45, 7) is 0. The van der Waals surface area contributed by atoms with Gasteiger partial charge in [-0.1, -0.05) is 5.16 Å². The van der Waals surface area contributed by atoms with Crippen molar-refractivity contribution >= 4 is 11.7 Å². The Labute approximate surface area is 56.5 Å². The maximum atomic E-state index is 8.18. The number of nitrogens with zero attached hydrogens (tertiary/aromatic N) is 2. The summed E-state index contributed by atoms with van der Waals surface area (Å²) >= 11 is 0. The number of nitrogens with one attached hydrogen (secondary N) is 1. The topological polar surface area (TPSA) is 113 Å². The summed E-state index contributed by atoms with van der Waals surface area (Å²) in [5.74, 6) is 0.189. The molecule has 6 heteroatoms. The molecule has 0 radical (unpaired) electrons. The Morgan fingerprint density at radius 1 is 1.80 bits per heavy atom. The smallest absolute Gasteiger partial charge is 0.192 e. The van der Waals surface area contributed by atoms with Crippen molar-refractivity contribution in [1.82, 2.24) is 9.97 Å². The van der Waals surface area contributed by atoms with E-state index < -0.39 is 0 Å². The van der Waals surface area contributed by atoms with E-state index in [1.807, 2.05) is 0 Å². The normalized spacial score (nSPS) is 11.8. The second kappa shape index (κ2) is 2.26. The van der Waals surface area contributed by atoms with Crippen LogP contribution in [0.2, 0.25) is 0 Å². The number of rotatable bonds is 1. The van der Waals surface area contributed by atoms with Crippen LogP contribution in [0.1, 0.15) is 5.69 Å². The second-order valence-electron chi connectivity index (χ2n) is 1.65. The molecule has 0 atom stereocenters. The van der Waals surface area contributed by atoms with Gasteiger partial charge in [0.1, 0.15) is 5.82 Å². The van der Waals surface area contributed by atoms with E-state index in [1.54, 1.807) is 0 Å². The number of aromatic nitrogens is 2. The van der Waals surface area contributed by atoms with Gasteiger partial charge in [-0.25, -0.2) is 4.98 Å². The predicted octanol–water partition coefficient (Wildman–Crippen LogP) is -0.914. The van der Waals surface area contributed by atoms with E-state index in [9.17, 15) is 0 Å². The summed E-state index contributed by atoms with van der Waals surface area (Å²) in [7, 11) is 0. The molecule has 1 aromatic heterocycles. The fourth-order valence-electron chi connectivity index (χ4n) is 0.556. The number of nitrogens with two attached hydrogens (primary N) is 2. The van der Waals surface area contributed by atoms with Gasteiger partial charge in [-0.15, -0.1) is 0 Å². The number of imidazole rings is 1. The van der Waals surface area contributed by atoms with Crippen LogP contribution in [0.25, 0.3) is 0 Å². The zero-order chi connectivity index (χ0) is 7.56. The van der Waals surface area contributed by atoms with Gasteiger partial charge in [0.15, 0.2) is 11.5 Å². The third kappa shape index (κ3) is 0.859. The van der Waals surface area contributed by atoms with Crippen LogP contribution < -0.4 is 11.5 Å². The molecule has 0 aliphatic carbocycles. The molecule has 1 heterocycles. The highest BCUT2D eigenvalue weighted by molar-refractivity contribution is 5.98. The van der Waals surface area contributed by atoms with Crippen molar-refractivity contribution in [3.05, 3.63) is 12.0 Å². The molecule has 10 heavy (non-hydrogen) atoms. The fraction of sp³-hybridized carbons (Fsp3) is 0. The minimum atomic E-state index is -0.0984. The first kappa shape index (κ1) is 6.40. The van der Waals surface area contributed by atoms with Crippen molar-refractivity contribution < 1.29 is 5.21 Å². The first-order valence-corrected chi connectivity index (χ1v) is 2.52. The molecule has 0 aliphatic heterocycles. The highest BCUT2D eigenvalue weighted by atomic mass is 16.4. The monoisotopic (exact) mass is 141 g/mol. The number of hydrogen-bond acceptors (Lipinski definition) is 4. The first-order valence-electron chi connectivity index (χ1n) is 2.52. The summed E-state index contributed by atoms with van der Waals surface area (Å²) < 4.78 is 0. The average Bonchev–Trinajstić information content (AvgIpc) is 2.34. The highest BCUT2D eigenvalue weighted by Gasteiger charge is 2.05. The quantitative estimate of drug-likeness (QED) is 0.175.